The normalized spacial score (nSPS) is 16.9. The van der Waals surface area contributed by atoms with Crippen LogP contribution in [-0.2, 0) is 9.53 Å². The molecule has 6 heteroatoms. The van der Waals surface area contributed by atoms with Gasteiger partial charge in [-0.15, -0.1) is 0 Å². The minimum atomic E-state index is -0.883. The van der Waals surface area contributed by atoms with E-state index in [1.165, 1.54) is 11.1 Å². The molecule has 2 aliphatic rings. The summed E-state index contributed by atoms with van der Waals surface area (Å²) < 4.78 is 6.57. The van der Waals surface area contributed by atoms with Gasteiger partial charge < -0.3 is 9.84 Å². The first-order valence-corrected chi connectivity index (χ1v) is 11.0. The van der Waals surface area contributed by atoms with Crippen LogP contribution >= 0.6 is 15.9 Å². The Hall–Kier alpha value is -3.12. The number of carbonyl (C=O) groups is 2. The average molecular weight is 478 g/mol. The molecule has 1 aliphatic heterocycles. The number of nitrogens with zero attached hydrogens (tertiary/aromatic N) is 1. The summed E-state index contributed by atoms with van der Waals surface area (Å²) in [6, 6.07) is 21.8. The van der Waals surface area contributed by atoms with E-state index in [2.05, 4.69) is 40.2 Å². The Labute approximate surface area is 188 Å². The summed E-state index contributed by atoms with van der Waals surface area (Å²) in [5.41, 5.74) is 5.89. The molecular weight excluding hydrogens is 458 g/mol. The lowest BCUT2D eigenvalue weighted by molar-refractivity contribution is -0.139. The highest BCUT2D eigenvalue weighted by Crippen LogP contribution is 2.45. The minimum absolute atomic E-state index is 0.0164. The maximum atomic E-state index is 13.0. The fraction of sp³-hybridized carbons (Fsp3) is 0.200. The highest BCUT2D eigenvalue weighted by Gasteiger charge is 2.35. The Morgan fingerprint density at radius 2 is 1.61 bits per heavy atom. The summed E-state index contributed by atoms with van der Waals surface area (Å²) in [4.78, 5) is 26.3. The van der Waals surface area contributed by atoms with E-state index < -0.39 is 18.0 Å². The molecule has 0 radical (unpaired) electrons. The predicted molar refractivity (Wildman–Crippen MR) is 122 cm³/mol. The van der Waals surface area contributed by atoms with E-state index in [1.807, 2.05) is 30.3 Å². The van der Waals surface area contributed by atoms with Gasteiger partial charge in [-0.05, 0) is 52.4 Å². The first-order valence-electron chi connectivity index (χ1n) is 10.2. The van der Waals surface area contributed by atoms with Gasteiger partial charge in [0.15, 0.2) is 0 Å². The second kappa shape index (κ2) is 7.85. The number of amides is 1. The SMILES string of the molecule is O=C(O)C1CCN(C(=O)OCC2c3ccccc3-c3ccccc32)c2ccc(Br)cc21. The van der Waals surface area contributed by atoms with E-state index in [4.69, 9.17) is 4.74 Å². The van der Waals surface area contributed by atoms with Gasteiger partial charge in [-0.2, -0.15) is 0 Å². The van der Waals surface area contributed by atoms with Crippen molar-refractivity contribution in [3.05, 3.63) is 87.9 Å². The Kier molecular flexibility index (Phi) is 5.02. The molecule has 156 valence electrons. The van der Waals surface area contributed by atoms with Crippen molar-refractivity contribution in [3.8, 4) is 11.1 Å². The number of hydrogen-bond donors (Lipinski definition) is 1. The number of rotatable bonds is 3. The number of halogens is 1. The first kappa shape index (κ1) is 19.8. The molecule has 3 aromatic rings. The topological polar surface area (TPSA) is 66.8 Å². The number of ether oxygens (including phenoxy) is 1. The van der Waals surface area contributed by atoms with Crippen LogP contribution in [0.15, 0.2) is 71.2 Å². The largest absolute Gasteiger partial charge is 0.481 e. The molecule has 0 saturated carbocycles. The molecule has 1 amide bonds. The highest BCUT2D eigenvalue weighted by molar-refractivity contribution is 9.10. The third kappa shape index (κ3) is 3.41. The van der Waals surface area contributed by atoms with Crippen LogP contribution < -0.4 is 4.90 Å². The molecule has 1 aliphatic carbocycles. The zero-order valence-corrected chi connectivity index (χ0v) is 18.2. The van der Waals surface area contributed by atoms with Crippen molar-refractivity contribution in [3.63, 3.8) is 0 Å². The molecule has 1 N–H and O–H groups in total. The Morgan fingerprint density at radius 3 is 2.26 bits per heavy atom. The lowest BCUT2D eigenvalue weighted by atomic mass is 9.90. The van der Waals surface area contributed by atoms with Gasteiger partial charge in [-0.25, -0.2) is 4.79 Å². The summed E-state index contributed by atoms with van der Waals surface area (Å²) in [6.07, 6.45) is -0.0996. The van der Waals surface area contributed by atoms with E-state index in [9.17, 15) is 14.7 Å². The summed E-state index contributed by atoms with van der Waals surface area (Å²) in [6.45, 7) is 0.542. The van der Waals surface area contributed by atoms with Crippen LogP contribution in [0.1, 0.15) is 34.9 Å². The number of benzene rings is 3. The maximum absolute atomic E-state index is 13.0. The number of carboxylic acids is 1. The number of aliphatic carboxylic acids is 1. The van der Waals surface area contributed by atoms with E-state index in [1.54, 1.807) is 17.0 Å². The van der Waals surface area contributed by atoms with E-state index in [0.29, 0.717) is 24.2 Å². The second-order valence-electron chi connectivity index (χ2n) is 7.84. The van der Waals surface area contributed by atoms with Crippen LogP contribution in [0.25, 0.3) is 11.1 Å². The third-order valence-corrected chi connectivity index (χ3v) is 6.64. The molecule has 0 saturated heterocycles. The van der Waals surface area contributed by atoms with Gasteiger partial charge in [0.25, 0.3) is 0 Å². The van der Waals surface area contributed by atoms with Crippen LogP contribution in [0, 0.1) is 0 Å². The summed E-state index contributed by atoms with van der Waals surface area (Å²) in [7, 11) is 0. The highest BCUT2D eigenvalue weighted by atomic mass is 79.9. The Bertz CT molecular complexity index is 1150. The molecule has 0 aromatic heterocycles. The zero-order valence-electron chi connectivity index (χ0n) is 16.6. The van der Waals surface area contributed by atoms with Crippen molar-refractivity contribution >= 4 is 33.7 Å². The summed E-state index contributed by atoms with van der Waals surface area (Å²) in [5.74, 6) is -1.53. The lowest BCUT2D eigenvalue weighted by Gasteiger charge is -2.32. The molecule has 1 unspecified atom stereocenters. The van der Waals surface area contributed by atoms with Gasteiger partial charge >= 0.3 is 12.1 Å². The zero-order chi connectivity index (χ0) is 21.5. The van der Waals surface area contributed by atoms with Crippen LogP contribution in [0.2, 0.25) is 0 Å². The van der Waals surface area contributed by atoms with Gasteiger partial charge in [-0.1, -0.05) is 64.5 Å². The van der Waals surface area contributed by atoms with E-state index in [-0.39, 0.29) is 12.5 Å². The quantitative estimate of drug-likeness (QED) is 0.519. The average Bonchev–Trinajstić information content (AvgIpc) is 3.10. The number of carboxylic acid groups (broad SMARTS) is 1. The van der Waals surface area contributed by atoms with Crippen molar-refractivity contribution in [2.75, 3.05) is 18.1 Å². The number of hydrogen-bond acceptors (Lipinski definition) is 3. The smallest absolute Gasteiger partial charge is 0.414 e. The van der Waals surface area contributed by atoms with Crippen molar-refractivity contribution in [2.24, 2.45) is 0 Å². The summed E-state index contributed by atoms with van der Waals surface area (Å²) in [5, 5.41) is 9.58. The van der Waals surface area contributed by atoms with Crippen LogP contribution in [0.3, 0.4) is 0 Å². The fourth-order valence-corrected chi connectivity index (χ4v) is 5.08. The van der Waals surface area contributed by atoms with Crippen LogP contribution in [0.4, 0.5) is 10.5 Å². The number of fused-ring (bicyclic) bond motifs is 4. The van der Waals surface area contributed by atoms with Gasteiger partial charge in [0.2, 0.25) is 0 Å². The molecule has 0 bridgehead atoms. The molecule has 31 heavy (non-hydrogen) atoms. The van der Waals surface area contributed by atoms with Crippen LogP contribution in [-0.4, -0.2) is 30.3 Å². The Morgan fingerprint density at radius 1 is 0.968 bits per heavy atom. The number of carbonyl (C=O) groups excluding carboxylic acids is 1. The fourth-order valence-electron chi connectivity index (χ4n) is 4.70. The van der Waals surface area contributed by atoms with E-state index >= 15 is 0 Å². The number of anilines is 1. The molecule has 1 atom stereocenters. The lowest BCUT2D eigenvalue weighted by Crippen LogP contribution is -2.39. The monoisotopic (exact) mass is 477 g/mol. The maximum Gasteiger partial charge on any atom is 0.414 e. The minimum Gasteiger partial charge on any atom is -0.481 e. The van der Waals surface area contributed by atoms with Gasteiger partial charge in [0, 0.05) is 16.9 Å². The van der Waals surface area contributed by atoms with Gasteiger partial charge in [0.1, 0.15) is 6.61 Å². The predicted octanol–water partition coefficient (Wildman–Crippen LogP) is 5.78. The summed E-state index contributed by atoms with van der Waals surface area (Å²) >= 11 is 3.40. The third-order valence-electron chi connectivity index (χ3n) is 6.15. The molecule has 3 aromatic carbocycles. The standard InChI is InChI=1S/C25H20BrNO4/c26-15-9-10-23-21(13-15)20(24(28)29)11-12-27(23)25(30)31-14-22-18-7-3-1-5-16(18)17-6-2-4-8-19(17)22/h1-10,13,20,22H,11-12,14H2,(H,28,29). The first-order chi connectivity index (χ1) is 15.0. The Balaban J connectivity index is 1.40. The molecule has 5 nitrogen and oxygen atoms in total. The van der Waals surface area contributed by atoms with Gasteiger partial charge in [0.05, 0.1) is 11.6 Å². The van der Waals surface area contributed by atoms with Crippen molar-refractivity contribution in [2.45, 2.75) is 18.3 Å². The molecule has 0 fully saturated rings. The van der Waals surface area contributed by atoms with Gasteiger partial charge in [-0.3, -0.25) is 9.69 Å². The molecular formula is C25H20BrNO4. The van der Waals surface area contributed by atoms with E-state index in [0.717, 1.165) is 15.6 Å². The second-order valence-corrected chi connectivity index (χ2v) is 8.75. The van der Waals surface area contributed by atoms with Crippen molar-refractivity contribution in [1.29, 1.82) is 0 Å². The van der Waals surface area contributed by atoms with Crippen LogP contribution in [0.5, 0.6) is 0 Å². The molecule has 5 rings (SSSR count). The van der Waals surface area contributed by atoms with Crippen molar-refractivity contribution in [1.82, 2.24) is 0 Å². The molecule has 1 heterocycles. The van der Waals surface area contributed by atoms with Crippen molar-refractivity contribution < 1.29 is 19.4 Å². The molecule has 0 spiro atoms.